The zero-order chi connectivity index (χ0) is 28.9. The minimum Gasteiger partial charge on any atom is -0.480 e. The normalized spacial score (nSPS) is 23.7. The number of hydrogen-bond donors (Lipinski definition) is 1. The quantitative estimate of drug-likeness (QED) is 0.306. The molecule has 0 bridgehead atoms. The van der Waals surface area contributed by atoms with E-state index in [1.807, 2.05) is 0 Å². The first kappa shape index (κ1) is 29.1. The van der Waals surface area contributed by atoms with Gasteiger partial charge in [-0.05, 0) is 61.1 Å². The fraction of sp³-hybridized carbons (Fsp3) is 0.556. The van der Waals surface area contributed by atoms with Crippen LogP contribution in [-0.4, -0.2) is 69.4 Å². The van der Waals surface area contributed by atoms with Crippen LogP contribution in [0.2, 0.25) is 0 Å². The van der Waals surface area contributed by atoms with Gasteiger partial charge in [-0.15, -0.1) is 0 Å². The van der Waals surface area contributed by atoms with E-state index in [1.165, 1.54) is 41.8 Å². The summed E-state index contributed by atoms with van der Waals surface area (Å²) in [5.41, 5.74) is 5.19. The van der Waals surface area contributed by atoms with Crippen LogP contribution in [0.3, 0.4) is 0 Å². The number of aromatic nitrogens is 2. The highest BCUT2D eigenvalue weighted by atomic mass is 16.4. The first-order valence-electron chi connectivity index (χ1n) is 16.4. The van der Waals surface area contributed by atoms with Gasteiger partial charge in [0.05, 0.1) is 11.7 Å². The van der Waals surface area contributed by atoms with E-state index in [1.54, 1.807) is 0 Å². The van der Waals surface area contributed by atoms with Crippen molar-refractivity contribution in [2.45, 2.75) is 82.7 Å². The number of hydrogen-bond acceptors (Lipinski definition) is 4. The molecule has 42 heavy (non-hydrogen) atoms. The van der Waals surface area contributed by atoms with Crippen LogP contribution in [0.25, 0.3) is 0 Å². The third-order valence-corrected chi connectivity index (χ3v) is 10.3. The Morgan fingerprint density at radius 1 is 0.929 bits per heavy atom. The Kier molecular flexibility index (Phi) is 9.40. The molecular formula is C36H48N4O2. The van der Waals surface area contributed by atoms with E-state index < -0.39 is 5.97 Å². The summed E-state index contributed by atoms with van der Waals surface area (Å²) in [6, 6.07) is 23.9. The molecule has 224 valence electrons. The minimum absolute atomic E-state index is 0.288. The molecule has 0 radical (unpaired) electrons. The molecule has 3 atom stereocenters. The molecule has 1 N–H and O–H groups in total. The molecule has 3 aliphatic rings. The fourth-order valence-electron chi connectivity index (χ4n) is 8.14. The number of aryl methyl sites for hydroxylation is 1. The maximum atomic E-state index is 12.6. The van der Waals surface area contributed by atoms with Crippen molar-refractivity contribution in [3.05, 3.63) is 89.2 Å². The van der Waals surface area contributed by atoms with Gasteiger partial charge in [0, 0.05) is 50.8 Å². The van der Waals surface area contributed by atoms with E-state index in [9.17, 15) is 9.90 Å². The zero-order valence-corrected chi connectivity index (χ0v) is 25.3. The predicted octanol–water partition coefficient (Wildman–Crippen LogP) is 6.42. The first-order chi connectivity index (χ1) is 20.6. The predicted molar refractivity (Wildman–Crippen MR) is 168 cm³/mol. The second-order valence-corrected chi connectivity index (χ2v) is 13.0. The zero-order valence-electron chi connectivity index (χ0n) is 25.3. The number of carboxylic acids is 1. The van der Waals surface area contributed by atoms with E-state index in [0.29, 0.717) is 17.9 Å². The van der Waals surface area contributed by atoms with Crippen LogP contribution in [0, 0.1) is 11.8 Å². The molecule has 6 nitrogen and oxygen atoms in total. The highest BCUT2D eigenvalue weighted by Gasteiger charge is 2.43. The van der Waals surface area contributed by atoms with E-state index >= 15 is 0 Å². The molecule has 0 unspecified atom stereocenters. The van der Waals surface area contributed by atoms with Gasteiger partial charge in [0.25, 0.3) is 0 Å². The number of benzene rings is 2. The lowest BCUT2D eigenvalue weighted by atomic mass is 9.83. The van der Waals surface area contributed by atoms with Gasteiger partial charge in [0.1, 0.15) is 6.04 Å². The Morgan fingerprint density at radius 3 is 2.29 bits per heavy atom. The molecule has 0 spiro atoms. The van der Waals surface area contributed by atoms with E-state index in [-0.39, 0.29) is 12.0 Å². The van der Waals surface area contributed by atoms with Crippen molar-refractivity contribution in [2.24, 2.45) is 11.8 Å². The summed E-state index contributed by atoms with van der Waals surface area (Å²) in [5.74, 6) is 0.499. The third-order valence-electron chi connectivity index (χ3n) is 10.3. The SMILES string of the molecule is CCc1cc(Cc2ccccc2)nn1C1CCN(C[C@H]2CN([C@@H](C(=O)O)C3CCCCC3)C[C@@H]2c2ccccc2)CC1. The van der Waals surface area contributed by atoms with Crippen LogP contribution in [0.15, 0.2) is 66.7 Å². The van der Waals surface area contributed by atoms with Crippen molar-refractivity contribution in [1.82, 2.24) is 19.6 Å². The lowest BCUT2D eigenvalue weighted by molar-refractivity contribution is -0.145. The highest BCUT2D eigenvalue weighted by Crippen LogP contribution is 2.39. The average molecular weight is 569 g/mol. The average Bonchev–Trinajstić information content (AvgIpc) is 3.63. The monoisotopic (exact) mass is 568 g/mol. The van der Waals surface area contributed by atoms with Crippen molar-refractivity contribution in [3.63, 3.8) is 0 Å². The fourth-order valence-corrected chi connectivity index (χ4v) is 8.14. The summed E-state index contributed by atoms with van der Waals surface area (Å²) in [6.07, 6.45) is 9.84. The Balaban J connectivity index is 1.12. The number of carboxylic acid groups (broad SMARTS) is 1. The molecule has 1 saturated carbocycles. The molecule has 1 aromatic heterocycles. The second kappa shape index (κ2) is 13.6. The van der Waals surface area contributed by atoms with Crippen molar-refractivity contribution in [1.29, 1.82) is 0 Å². The van der Waals surface area contributed by atoms with Gasteiger partial charge in [-0.3, -0.25) is 14.4 Å². The molecule has 2 saturated heterocycles. The van der Waals surface area contributed by atoms with Crippen LogP contribution in [-0.2, 0) is 17.6 Å². The minimum atomic E-state index is -0.618. The van der Waals surface area contributed by atoms with Crippen LogP contribution in [0.4, 0.5) is 0 Å². The number of aliphatic carboxylic acids is 1. The Hall–Kier alpha value is -2.96. The van der Waals surface area contributed by atoms with E-state index in [0.717, 1.165) is 71.2 Å². The highest BCUT2D eigenvalue weighted by molar-refractivity contribution is 5.74. The van der Waals surface area contributed by atoms with E-state index in [2.05, 4.69) is 88.1 Å². The largest absolute Gasteiger partial charge is 0.480 e. The van der Waals surface area contributed by atoms with Crippen LogP contribution in [0.5, 0.6) is 0 Å². The number of likely N-dealkylation sites (tertiary alicyclic amines) is 2. The molecule has 3 aromatic rings. The summed E-state index contributed by atoms with van der Waals surface area (Å²) in [6.45, 7) is 7.17. The van der Waals surface area contributed by atoms with Gasteiger partial charge in [0.15, 0.2) is 0 Å². The molecule has 2 aliphatic heterocycles. The van der Waals surface area contributed by atoms with Crippen molar-refractivity contribution in [3.8, 4) is 0 Å². The van der Waals surface area contributed by atoms with Gasteiger partial charge in [-0.2, -0.15) is 5.10 Å². The van der Waals surface area contributed by atoms with Gasteiger partial charge in [-0.1, -0.05) is 86.8 Å². The number of carbonyl (C=O) groups is 1. The van der Waals surface area contributed by atoms with Crippen LogP contribution >= 0.6 is 0 Å². The van der Waals surface area contributed by atoms with Crippen molar-refractivity contribution < 1.29 is 9.90 Å². The lowest BCUT2D eigenvalue weighted by Gasteiger charge is -2.35. The number of nitrogens with zero attached hydrogens (tertiary/aromatic N) is 4. The summed E-state index contributed by atoms with van der Waals surface area (Å²) in [4.78, 5) is 17.6. The molecule has 0 amide bonds. The van der Waals surface area contributed by atoms with Gasteiger partial charge >= 0.3 is 5.97 Å². The summed E-state index contributed by atoms with van der Waals surface area (Å²) >= 11 is 0. The molecule has 6 rings (SSSR count). The topological polar surface area (TPSA) is 61.6 Å². The van der Waals surface area contributed by atoms with Crippen molar-refractivity contribution >= 4 is 5.97 Å². The molecule has 6 heteroatoms. The van der Waals surface area contributed by atoms with Gasteiger partial charge in [-0.25, -0.2) is 0 Å². The van der Waals surface area contributed by atoms with Gasteiger partial charge in [0.2, 0.25) is 0 Å². The standard InChI is InChI=1S/C36H48N4O2/c1-2-32-23-31(22-27-12-6-3-7-13-27)37-40(32)33-18-20-38(21-19-33)24-30-25-39(26-34(30)28-14-8-4-9-15-28)35(36(41)42)29-16-10-5-11-17-29/h3-4,6-9,12-15,23,29-30,33-35H,2,5,10-11,16-22,24-26H2,1H3,(H,41,42)/t30-,34+,35+/m0/s1. The maximum absolute atomic E-state index is 12.6. The van der Waals surface area contributed by atoms with Crippen LogP contribution in [0.1, 0.15) is 86.3 Å². The van der Waals surface area contributed by atoms with Crippen molar-refractivity contribution in [2.75, 3.05) is 32.7 Å². The van der Waals surface area contributed by atoms with E-state index in [4.69, 9.17) is 5.10 Å². The summed E-state index contributed by atoms with van der Waals surface area (Å²) in [7, 11) is 0. The second-order valence-electron chi connectivity index (χ2n) is 13.0. The molecule has 3 heterocycles. The Bertz CT molecular complexity index is 1280. The first-order valence-corrected chi connectivity index (χ1v) is 16.4. The third kappa shape index (κ3) is 6.65. The summed E-state index contributed by atoms with van der Waals surface area (Å²) < 4.78 is 2.33. The Labute approximate surface area is 251 Å². The molecule has 1 aliphatic carbocycles. The molecule has 2 aromatic carbocycles. The molecule has 3 fully saturated rings. The molecular weight excluding hydrogens is 520 g/mol. The number of piperidine rings is 1. The Morgan fingerprint density at radius 2 is 1.62 bits per heavy atom. The smallest absolute Gasteiger partial charge is 0.321 e. The van der Waals surface area contributed by atoms with Crippen LogP contribution < -0.4 is 0 Å². The van der Waals surface area contributed by atoms with Gasteiger partial charge < -0.3 is 10.0 Å². The lowest BCUT2D eigenvalue weighted by Crippen LogP contribution is -2.46. The maximum Gasteiger partial charge on any atom is 0.321 e. The summed E-state index contributed by atoms with van der Waals surface area (Å²) in [5, 5.41) is 15.5. The number of rotatable bonds is 10.